The van der Waals surface area contributed by atoms with Crippen LogP contribution in [0.5, 0.6) is 0 Å². The minimum atomic E-state index is 0. The van der Waals surface area contributed by atoms with E-state index in [1.165, 1.54) is 11.1 Å². The van der Waals surface area contributed by atoms with Crippen LogP contribution in [0, 0.1) is 13.8 Å². The fourth-order valence-electron chi connectivity index (χ4n) is 3.22. The molecule has 3 rings (SSSR count). The number of halogens is 1. The highest BCUT2D eigenvalue weighted by Gasteiger charge is 2.23. The van der Waals surface area contributed by atoms with Gasteiger partial charge in [0.05, 0.1) is 6.04 Å². The van der Waals surface area contributed by atoms with Gasteiger partial charge >= 0.3 is 0 Å². The molecule has 4 heteroatoms. The number of nitrogens with one attached hydrogen (secondary N) is 1. The Balaban J connectivity index is 0.00000192. The number of benzene rings is 2. The number of rotatable bonds is 2. The SMILES string of the molecule is Cc1cccc(C(=O)NC2CCCc3cc(N)ccc32)c1C.Cl. The minimum absolute atomic E-state index is 0. The molecule has 0 saturated heterocycles. The summed E-state index contributed by atoms with van der Waals surface area (Å²) in [5.41, 5.74) is 12.1. The molecule has 0 saturated carbocycles. The lowest BCUT2D eigenvalue weighted by molar-refractivity contribution is 0.0932. The second-order valence-corrected chi connectivity index (χ2v) is 6.12. The Labute approximate surface area is 143 Å². The molecule has 2 aromatic rings. The highest BCUT2D eigenvalue weighted by Crippen LogP contribution is 2.31. The molecule has 0 aromatic heterocycles. The number of anilines is 1. The molecule has 2 aromatic carbocycles. The Kier molecular flexibility index (Phi) is 5.32. The number of amides is 1. The van der Waals surface area contributed by atoms with Gasteiger partial charge in [-0.3, -0.25) is 4.79 Å². The summed E-state index contributed by atoms with van der Waals surface area (Å²) in [6.45, 7) is 4.03. The lowest BCUT2D eigenvalue weighted by atomic mass is 9.87. The van der Waals surface area contributed by atoms with E-state index in [0.717, 1.165) is 41.6 Å². The lowest BCUT2D eigenvalue weighted by Gasteiger charge is -2.27. The monoisotopic (exact) mass is 330 g/mol. The maximum atomic E-state index is 12.6. The Morgan fingerprint density at radius 1 is 1.22 bits per heavy atom. The first kappa shape index (κ1) is 17.4. The first-order valence-corrected chi connectivity index (χ1v) is 7.81. The van der Waals surface area contributed by atoms with Crippen LogP contribution in [0.25, 0.3) is 0 Å². The Morgan fingerprint density at radius 3 is 2.78 bits per heavy atom. The molecule has 1 amide bonds. The molecule has 0 aliphatic heterocycles. The maximum absolute atomic E-state index is 12.6. The first-order chi connectivity index (χ1) is 10.6. The number of hydrogen-bond acceptors (Lipinski definition) is 2. The van der Waals surface area contributed by atoms with E-state index in [9.17, 15) is 4.79 Å². The summed E-state index contributed by atoms with van der Waals surface area (Å²) in [5.74, 6) is 0.0101. The van der Waals surface area contributed by atoms with Crippen LogP contribution in [0.2, 0.25) is 0 Å². The second kappa shape index (κ2) is 7.05. The second-order valence-electron chi connectivity index (χ2n) is 6.12. The van der Waals surface area contributed by atoms with Gasteiger partial charge in [-0.25, -0.2) is 0 Å². The van der Waals surface area contributed by atoms with Gasteiger partial charge in [0.1, 0.15) is 0 Å². The van der Waals surface area contributed by atoms with Gasteiger partial charge in [-0.1, -0.05) is 18.2 Å². The summed E-state index contributed by atoms with van der Waals surface area (Å²) < 4.78 is 0. The van der Waals surface area contributed by atoms with Gasteiger partial charge < -0.3 is 11.1 Å². The summed E-state index contributed by atoms with van der Waals surface area (Å²) in [7, 11) is 0. The normalized spacial score (nSPS) is 16.2. The van der Waals surface area contributed by atoms with Gasteiger partial charge in [0.25, 0.3) is 5.91 Å². The van der Waals surface area contributed by atoms with Gasteiger partial charge in [-0.2, -0.15) is 0 Å². The number of aryl methyl sites for hydroxylation is 2. The van der Waals surface area contributed by atoms with Crippen LogP contribution in [0.15, 0.2) is 36.4 Å². The summed E-state index contributed by atoms with van der Waals surface area (Å²) in [5, 5.41) is 3.20. The van der Waals surface area contributed by atoms with Crippen molar-refractivity contribution in [2.75, 3.05) is 5.73 Å². The van der Waals surface area contributed by atoms with Crippen LogP contribution < -0.4 is 11.1 Å². The number of nitrogens with two attached hydrogens (primary N) is 1. The molecule has 0 heterocycles. The molecule has 122 valence electrons. The van der Waals surface area contributed by atoms with Gasteiger partial charge in [-0.15, -0.1) is 12.4 Å². The van der Waals surface area contributed by atoms with E-state index in [0.29, 0.717) is 0 Å². The number of carbonyl (C=O) groups is 1. The molecule has 0 spiro atoms. The molecular weight excluding hydrogens is 308 g/mol. The van der Waals surface area contributed by atoms with Crippen LogP contribution in [-0.2, 0) is 6.42 Å². The van der Waals surface area contributed by atoms with Crippen molar-refractivity contribution in [3.8, 4) is 0 Å². The van der Waals surface area contributed by atoms with E-state index in [1.54, 1.807) is 0 Å². The maximum Gasteiger partial charge on any atom is 0.252 e. The van der Waals surface area contributed by atoms with E-state index in [-0.39, 0.29) is 24.4 Å². The predicted molar refractivity (Wildman–Crippen MR) is 97.2 cm³/mol. The zero-order chi connectivity index (χ0) is 15.7. The van der Waals surface area contributed by atoms with Crippen LogP contribution in [0.1, 0.15) is 51.5 Å². The van der Waals surface area contributed by atoms with Crippen LogP contribution in [0.4, 0.5) is 5.69 Å². The van der Waals surface area contributed by atoms with Crippen LogP contribution >= 0.6 is 12.4 Å². The van der Waals surface area contributed by atoms with Crippen molar-refractivity contribution in [2.24, 2.45) is 0 Å². The van der Waals surface area contributed by atoms with Gasteiger partial charge in [-0.05, 0) is 73.6 Å². The van der Waals surface area contributed by atoms with Crippen LogP contribution in [0.3, 0.4) is 0 Å². The largest absolute Gasteiger partial charge is 0.399 e. The topological polar surface area (TPSA) is 55.1 Å². The summed E-state index contributed by atoms with van der Waals surface area (Å²) in [4.78, 5) is 12.6. The molecule has 1 unspecified atom stereocenters. The first-order valence-electron chi connectivity index (χ1n) is 7.81. The number of carbonyl (C=O) groups excluding carboxylic acids is 1. The lowest BCUT2D eigenvalue weighted by Crippen LogP contribution is -2.31. The Morgan fingerprint density at radius 2 is 2.00 bits per heavy atom. The summed E-state index contributed by atoms with van der Waals surface area (Å²) in [6, 6.07) is 11.9. The minimum Gasteiger partial charge on any atom is -0.399 e. The van der Waals surface area contributed by atoms with E-state index < -0.39 is 0 Å². The third kappa shape index (κ3) is 3.50. The standard InChI is InChI=1S/C19H22N2O.ClH/c1-12-5-3-7-16(13(12)2)19(22)21-18-8-4-6-14-11-15(20)9-10-17(14)18;/h3,5,7,9-11,18H,4,6,8,20H2,1-2H3,(H,21,22);1H. The van der Waals surface area contributed by atoms with Crippen molar-refractivity contribution in [3.63, 3.8) is 0 Å². The van der Waals surface area contributed by atoms with E-state index in [2.05, 4.69) is 11.4 Å². The van der Waals surface area contributed by atoms with Gasteiger partial charge in [0.15, 0.2) is 0 Å². The van der Waals surface area contributed by atoms with Crippen molar-refractivity contribution in [2.45, 2.75) is 39.2 Å². The zero-order valence-electron chi connectivity index (χ0n) is 13.6. The van der Waals surface area contributed by atoms with Gasteiger partial charge in [0, 0.05) is 11.3 Å². The fourth-order valence-corrected chi connectivity index (χ4v) is 3.22. The molecule has 23 heavy (non-hydrogen) atoms. The van der Waals surface area contributed by atoms with E-state index in [4.69, 9.17) is 5.73 Å². The van der Waals surface area contributed by atoms with Crippen molar-refractivity contribution < 1.29 is 4.79 Å². The predicted octanol–water partition coefficient (Wildman–Crippen LogP) is 4.11. The number of fused-ring (bicyclic) bond motifs is 1. The summed E-state index contributed by atoms with van der Waals surface area (Å²) in [6.07, 6.45) is 3.10. The van der Waals surface area contributed by atoms with Crippen molar-refractivity contribution in [1.29, 1.82) is 0 Å². The molecule has 1 aliphatic rings. The fraction of sp³-hybridized carbons (Fsp3) is 0.316. The Bertz CT molecular complexity index is 727. The van der Waals surface area contributed by atoms with Crippen molar-refractivity contribution in [3.05, 3.63) is 64.2 Å². The quantitative estimate of drug-likeness (QED) is 0.814. The average Bonchev–Trinajstić information content (AvgIpc) is 2.50. The molecule has 1 aliphatic carbocycles. The third-order valence-corrected chi connectivity index (χ3v) is 4.64. The van der Waals surface area contributed by atoms with Crippen molar-refractivity contribution in [1.82, 2.24) is 5.32 Å². The highest BCUT2D eigenvalue weighted by molar-refractivity contribution is 5.96. The number of hydrogen-bond donors (Lipinski definition) is 2. The Hall–Kier alpha value is -2.00. The molecular formula is C19H23ClN2O. The highest BCUT2D eigenvalue weighted by atomic mass is 35.5. The summed E-state index contributed by atoms with van der Waals surface area (Å²) >= 11 is 0. The van der Waals surface area contributed by atoms with Crippen molar-refractivity contribution >= 4 is 24.0 Å². The zero-order valence-corrected chi connectivity index (χ0v) is 14.4. The van der Waals surface area contributed by atoms with Crippen LogP contribution in [-0.4, -0.2) is 5.91 Å². The van der Waals surface area contributed by atoms with Gasteiger partial charge in [0.2, 0.25) is 0 Å². The number of nitrogen functional groups attached to an aromatic ring is 1. The molecule has 3 nitrogen and oxygen atoms in total. The third-order valence-electron chi connectivity index (χ3n) is 4.64. The molecule has 1 atom stereocenters. The molecule has 0 fully saturated rings. The molecule has 0 radical (unpaired) electrons. The smallest absolute Gasteiger partial charge is 0.252 e. The van der Waals surface area contributed by atoms with E-state index >= 15 is 0 Å². The van der Waals surface area contributed by atoms with E-state index in [1.807, 2.05) is 44.2 Å². The average molecular weight is 331 g/mol. The molecule has 3 N–H and O–H groups in total. The molecule has 0 bridgehead atoms.